The largest absolute Gasteiger partial charge is 0.378 e. The highest BCUT2D eigenvalue weighted by Crippen LogP contribution is 2.23. The summed E-state index contributed by atoms with van der Waals surface area (Å²) in [6.45, 7) is 8.36. The molecule has 2 fully saturated rings. The maximum absolute atomic E-state index is 12.3. The van der Waals surface area contributed by atoms with Gasteiger partial charge in [-0.15, -0.1) is 0 Å². The maximum atomic E-state index is 12.3. The van der Waals surface area contributed by atoms with Gasteiger partial charge >= 0.3 is 0 Å². The van der Waals surface area contributed by atoms with Crippen LogP contribution in [0.1, 0.15) is 30.4 Å². The van der Waals surface area contributed by atoms with E-state index < -0.39 is 0 Å². The van der Waals surface area contributed by atoms with Crippen LogP contribution in [0, 0.1) is 12.8 Å². The molecule has 1 aromatic rings. The van der Waals surface area contributed by atoms with E-state index in [0.29, 0.717) is 25.0 Å². The molecule has 2 heterocycles. The summed E-state index contributed by atoms with van der Waals surface area (Å²) in [7, 11) is 0. The van der Waals surface area contributed by atoms with Crippen LogP contribution in [0.5, 0.6) is 0 Å². The van der Waals surface area contributed by atoms with Gasteiger partial charge in [0.2, 0.25) is 5.91 Å². The summed E-state index contributed by atoms with van der Waals surface area (Å²) in [5.41, 5.74) is 2.80. The van der Waals surface area contributed by atoms with Gasteiger partial charge in [0, 0.05) is 26.1 Å². The van der Waals surface area contributed by atoms with Crippen LogP contribution < -0.4 is 0 Å². The number of morpholine rings is 1. The highest BCUT2D eigenvalue weighted by Gasteiger charge is 2.24. The minimum Gasteiger partial charge on any atom is -0.378 e. The van der Waals surface area contributed by atoms with Gasteiger partial charge in [-0.25, -0.2) is 0 Å². The van der Waals surface area contributed by atoms with Crippen LogP contribution in [0.15, 0.2) is 24.3 Å². The van der Waals surface area contributed by atoms with Crippen LogP contribution in [0.4, 0.5) is 0 Å². The summed E-state index contributed by atoms with van der Waals surface area (Å²) in [5, 5.41) is 0. The number of benzene rings is 1. The summed E-state index contributed by atoms with van der Waals surface area (Å²) in [5.74, 6) is 0.879. The molecule has 0 aliphatic carbocycles. The first-order valence-electron chi connectivity index (χ1n) is 8.85. The Morgan fingerprint density at radius 2 is 1.83 bits per heavy atom. The van der Waals surface area contributed by atoms with Crippen molar-refractivity contribution >= 4 is 5.91 Å². The first kappa shape index (κ1) is 16.5. The fraction of sp³-hybridized carbons (Fsp3) is 0.632. The molecule has 3 rings (SSSR count). The second kappa shape index (κ2) is 7.93. The highest BCUT2D eigenvalue weighted by atomic mass is 16.5. The average Bonchev–Trinajstić information content (AvgIpc) is 2.59. The van der Waals surface area contributed by atoms with Crippen molar-refractivity contribution in [3.8, 4) is 0 Å². The number of likely N-dealkylation sites (tertiary alicyclic amines) is 1. The molecule has 0 saturated carbocycles. The third-order valence-corrected chi connectivity index (χ3v) is 5.19. The van der Waals surface area contributed by atoms with Gasteiger partial charge in [-0.1, -0.05) is 24.3 Å². The second-order valence-electron chi connectivity index (χ2n) is 6.84. The van der Waals surface area contributed by atoms with Gasteiger partial charge < -0.3 is 9.64 Å². The van der Waals surface area contributed by atoms with E-state index in [1.54, 1.807) is 0 Å². The molecule has 0 atom stereocenters. The topological polar surface area (TPSA) is 32.8 Å². The normalized spacial score (nSPS) is 20.7. The van der Waals surface area contributed by atoms with Gasteiger partial charge in [0.15, 0.2) is 0 Å². The van der Waals surface area contributed by atoms with E-state index in [4.69, 9.17) is 4.74 Å². The van der Waals surface area contributed by atoms with Crippen LogP contribution >= 0.6 is 0 Å². The fourth-order valence-corrected chi connectivity index (χ4v) is 3.57. The number of rotatable bonds is 4. The monoisotopic (exact) mass is 316 g/mol. The zero-order valence-electron chi connectivity index (χ0n) is 14.2. The highest BCUT2D eigenvalue weighted by molar-refractivity contribution is 5.76. The quantitative estimate of drug-likeness (QED) is 0.855. The first-order chi connectivity index (χ1) is 11.2. The van der Waals surface area contributed by atoms with Crippen molar-refractivity contribution in [2.24, 2.45) is 5.92 Å². The maximum Gasteiger partial charge on any atom is 0.223 e. The summed E-state index contributed by atoms with van der Waals surface area (Å²) in [6.07, 6.45) is 3.00. The Morgan fingerprint density at radius 1 is 1.13 bits per heavy atom. The number of piperidine rings is 1. The number of nitrogens with zero attached hydrogens (tertiary/aromatic N) is 2. The number of carbonyl (C=O) groups excluding carboxylic acids is 1. The predicted molar refractivity (Wildman–Crippen MR) is 91.2 cm³/mol. The van der Waals surface area contributed by atoms with Crippen LogP contribution in [0.3, 0.4) is 0 Å². The molecule has 126 valence electrons. The van der Waals surface area contributed by atoms with Gasteiger partial charge in [-0.3, -0.25) is 9.69 Å². The molecule has 1 aromatic carbocycles. The lowest BCUT2D eigenvalue weighted by molar-refractivity contribution is -0.136. The third-order valence-electron chi connectivity index (χ3n) is 5.19. The zero-order valence-corrected chi connectivity index (χ0v) is 14.2. The minimum atomic E-state index is 0.325. The summed E-state index contributed by atoms with van der Waals surface area (Å²) < 4.78 is 5.32. The molecule has 0 spiro atoms. The van der Waals surface area contributed by atoms with E-state index in [1.807, 2.05) is 4.90 Å². The summed E-state index contributed by atoms with van der Waals surface area (Å²) in [6, 6.07) is 8.63. The smallest absolute Gasteiger partial charge is 0.223 e. The molecule has 2 saturated heterocycles. The number of hydrogen-bond acceptors (Lipinski definition) is 3. The minimum absolute atomic E-state index is 0.325. The van der Waals surface area contributed by atoms with E-state index in [2.05, 4.69) is 36.1 Å². The molecule has 4 heteroatoms. The number of amides is 1. The van der Waals surface area contributed by atoms with Crippen molar-refractivity contribution in [1.29, 1.82) is 0 Å². The molecule has 0 unspecified atom stereocenters. The van der Waals surface area contributed by atoms with Crippen molar-refractivity contribution in [1.82, 2.24) is 9.80 Å². The Hall–Kier alpha value is -1.39. The molecule has 0 aromatic heterocycles. The van der Waals surface area contributed by atoms with Crippen molar-refractivity contribution in [3.05, 3.63) is 35.4 Å². The SMILES string of the molecule is Cc1ccccc1CN1CCC(CC(=O)N2CCOCC2)CC1. The Labute approximate surface area is 139 Å². The van der Waals surface area contributed by atoms with E-state index in [0.717, 1.165) is 52.0 Å². The summed E-state index contributed by atoms with van der Waals surface area (Å²) >= 11 is 0. The summed E-state index contributed by atoms with van der Waals surface area (Å²) in [4.78, 5) is 16.8. The van der Waals surface area contributed by atoms with Crippen LogP contribution in [-0.4, -0.2) is 55.1 Å². The Bertz CT molecular complexity index is 518. The molecular formula is C19H28N2O2. The fourth-order valence-electron chi connectivity index (χ4n) is 3.57. The van der Waals surface area contributed by atoms with E-state index in [-0.39, 0.29) is 0 Å². The molecule has 23 heavy (non-hydrogen) atoms. The van der Waals surface area contributed by atoms with Crippen LogP contribution in [0.2, 0.25) is 0 Å². The van der Waals surface area contributed by atoms with Gasteiger partial charge in [0.25, 0.3) is 0 Å². The first-order valence-corrected chi connectivity index (χ1v) is 8.85. The lowest BCUT2D eigenvalue weighted by Crippen LogP contribution is -2.42. The molecule has 1 amide bonds. The Balaban J connectivity index is 1.43. The lowest BCUT2D eigenvalue weighted by atomic mass is 9.92. The van der Waals surface area contributed by atoms with E-state index in [9.17, 15) is 4.79 Å². The van der Waals surface area contributed by atoms with Crippen molar-refractivity contribution in [2.45, 2.75) is 32.7 Å². The molecule has 2 aliphatic rings. The third kappa shape index (κ3) is 4.55. The molecular weight excluding hydrogens is 288 g/mol. The number of hydrogen-bond donors (Lipinski definition) is 0. The van der Waals surface area contributed by atoms with Crippen LogP contribution in [0.25, 0.3) is 0 Å². The van der Waals surface area contributed by atoms with Gasteiger partial charge in [0.05, 0.1) is 13.2 Å². The van der Waals surface area contributed by atoms with E-state index in [1.165, 1.54) is 11.1 Å². The molecule has 0 radical (unpaired) electrons. The standard InChI is InChI=1S/C19H28N2O2/c1-16-4-2-3-5-18(16)15-20-8-6-17(7-9-20)14-19(22)21-10-12-23-13-11-21/h2-5,17H,6-15H2,1H3. The van der Waals surface area contributed by atoms with Crippen LogP contribution in [-0.2, 0) is 16.1 Å². The zero-order chi connectivity index (χ0) is 16.1. The molecule has 4 nitrogen and oxygen atoms in total. The van der Waals surface area contributed by atoms with Gasteiger partial charge in [-0.2, -0.15) is 0 Å². The number of aryl methyl sites for hydroxylation is 1. The Kier molecular flexibility index (Phi) is 5.68. The van der Waals surface area contributed by atoms with Crippen molar-refractivity contribution < 1.29 is 9.53 Å². The lowest BCUT2D eigenvalue weighted by Gasteiger charge is -2.34. The van der Waals surface area contributed by atoms with E-state index >= 15 is 0 Å². The number of ether oxygens (including phenoxy) is 1. The molecule has 0 N–H and O–H groups in total. The van der Waals surface area contributed by atoms with Gasteiger partial charge in [0.1, 0.15) is 0 Å². The predicted octanol–water partition coefficient (Wildman–Crippen LogP) is 2.46. The Morgan fingerprint density at radius 3 is 2.52 bits per heavy atom. The molecule has 2 aliphatic heterocycles. The second-order valence-corrected chi connectivity index (χ2v) is 6.84. The molecule has 0 bridgehead atoms. The average molecular weight is 316 g/mol. The van der Waals surface area contributed by atoms with Crippen molar-refractivity contribution in [2.75, 3.05) is 39.4 Å². The van der Waals surface area contributed by atoms with Crippen molar-refractivity contribution in [3.63, 3.8) is 0 Å². The van der Waals surface area contributed by atoms with Gasteiger partial charge in [-0.05, 0) is 49.9 Å². The number of carbonyl (C=O) groups is 1.